The van der Waals surface area contributed by atoms with Gasteiger partial charge in [-0.15, -0.1) is 11.3 Å². The predicted octanol–water partition coefficient (Wildman–Crippen LogP) is 3.07. The number of carbonyl (C=O) groups excluding carboxylic acids is 1. The highest BCUT2D eigenvalue weighted by molar-refractivity contribution is 7.18. The molecule has 4 nitrogen and oxygen atoms in total. The Morgan fingerprint density at radius 1 is 1.48 bits per heavy atom. The molecule has 1 atom stereocenters. The van der Waals surface area contributed by atoms with Crippen LogP contribution in [-0.4, -0.2) is 35.5 Å². The number of thiazole rings is 1. The van der Waals surface area contributed by atoms with Gasteiger partial charge >= 0.3 is 5.97 Å². The number of fused-ring (bicyclic) bond motifs is 1. The number of nitrogens with zero attached hydrogens (tertiary/aromatic N) is 2. The molecule has 1 aromatic carbocycles. The Morgan fingerprint density at radius 3 is 3.14 bits per heavy atom. The molecule has 1 aliphatic rings. The van der Waals surface area contributed by atoms with E-state index in [1.807, 2.05) is 25.1 Å². The lowest BCUT2D eigenvalue weighted by Gasteiger charge is -2.30. The fourth-order valence-corrected chi connectivity index (χ4v) is 3.84. The number of piperidine rings is 1. The minimum Gasteiger partial charge on any atom is -0.466 e. The number of hydrogen-bond donors (Lipinski definition) is 0. The zero-order valence-corrected chi connectivity index (χ0v) is 13.1. The SMILES string of the molecule is CCOC(=O)C1CCCN(Cc2nc3ccccc3s2)C1. The molecule has 1 fully saturated rings. The van der Waals surface area contributed by atoms with Crippen LogP contribution in [0.1, 0.15) is 24.8 Å². The Labute approximate surface area is 128 Å². The highest BCUT2D eigenvalue weighted by Crippen LogP contribution is 2.25. The predicted molar refractivity (Wildman–Crippen MR) is 84.3 cm³/mol. The van der Waals surface area contributed by atoms with Crippen LogP contribution in [0.3, 0.4) is 0 Å². The van der Waals surface area contributed by atoms with Crippen molar-refractivity contribution in [1.82, 2.24) is 9.88 Å². The second-order valence-electron chi connectivity index (χ2n) is 5.40. The van der Waals surface area contributed by atoms with Gasteiger partial charge in [0.05, 0.1) is 29.3 Å². The molecular formula is C16H20N2O2S. The first kappa shape index (κ1) is 14.5. The van der Waals surface area contributed by atoms with Gasteiger partial charge < -0.3 is 4.74 Å². The van der Waals surface area contributed by atoms with E-state index in [9.17, 15) is 4.79 Å². The minimum atomic E-state index is -0.0495. The molecule has 0 amide bonds. The summed E-state index contributed by atoms with van der Waals surface area (Å²) in [7, 11) is 0. The van der Waals surface area contributed by atoms with Crippen molar-refractivity contribution < 1.29 is 9.53 Å². The van der Waals surface area contributed by atoms with Gasteiger partial charge in [0.25, 0.3) is 0 Å². The van der Waals surface area contributed by atoms with Crippen LogP contribution in [-0.2, 0) is 16.1 Å². The van der Waals surface area contributed by atoms with Crippen molar-refractivity contribution in [2.75, 3.05) is 19.7 Å². The summed E-state index contributed by atoms with van der Waals surface area (Å²) < 4.78 is 6.38. The fraction of sp³-hybridized carbons (Fsp3) is 0.500. The van der Waals surface area contributed by atoms with Crippen molar-refractivity contribution in [2.24, 2.45) is 5.92 Å². The van der Waals surface area contributed by atoms with Crippen molar-refractivity contribution in [3.8, 4) is 0 Å². The smallest absolute Gasteiger partial charge is 0.310 e. The summed E-state index contributed by atoms with van der Waals surface area (Å²) in [5, 5.41) is 1.13. The second-order valence-corrected chi connectivity index (χ2v) is 6.52. The van der Waals surface area contributed by atoms with Gasteiger partial charge in [-0.1, -0.05) is 12.1 Å². The molecule has 2 aromatic rings. The molecule has 112 valence electrons. The van der Waals surface area contributed by atoms with Crippen LogP contribution < -0.4 is 0 Å². The molecule has 0 aliphatic carbocycles. The number of ether oxygens (including phenoxy) is 1. The maximum atomic E-state index is 11.9. The molecule has 2 heterocycles. The number of aromatic nitrogens is 1. The van der Waals surface area contributed by atoms with Gasteiger partial charge in [-0.3, -0.25) is 9.69 Å². The van der Waals surface area contributed by atoms with Crippen molar-refractivity contribution in [1.29, 1.82) is 0 Å². The molecule has 1 saturated heterocycles. The lowest BCUT2D eigenvalue weighted by atomic mass is 9.98. The summed E-state index contributed by atoms with van der Waals surface area (Å²) in [6, 6.07) is 8.21. The van der Waals surface area contributed by atoms with Gasteiger partial charge in [-0.05, 0) is 38.4 Å². The number of likely N-dealkylation sites (tertiary alicyclic amines) is 1. The molecule has 0 saturated carbocycles. The van der Waals surface area contributed by atoms with E-state index in [0.717, 1.165) is 43.0 Å². The van der Waals surface area contributed by atoms with Gasteiger partial charge in [0.2, 0.25) is 0 Å². The number of esters is 1. The van der Waals surface area contributed by atoms with Crippen molar-refractivity contribution in [3.05, 3.63) is 29.3 Å². The van der Waals surface area contributed by atoms with E-state index in [4.69, 9.17) is 4.74 Å². The quantitative estimate of drug-likeness (QED) is 0.814. The molecule has 1 aliphatic heterocycles. The molecule has 0 bridgehead atoms. The van der Waals surface area contributed by atoms with E-state index < -0.39 is 0 Å². The first-order valence-corrected chi connectivity index (χ1v) is 8.31. The largest absolute Gasteiger partial charge is 0.466 e. The van der Waals surface area contributed by atoms with Gasteiger partial charge in [0.1, 0.15) is 5.01 Å². The Balaban J connectivity index is 1.65. The van der Waals surface area contributed by atoms with Gasteiger partial charge in [-0.2, -0.15) is 0 Å². The molecule has 1 aromatic heterocycles. The number of para-hydroxylation sites is 1. The van der Waals surface area contributed by atoms with Crippen LogP contribution in [0.5, 0.6) is 0 Å². The van der Waals surface area contributed by atoms with Gasteiger partial charge in [0.15, 0.2) is 0 Å². The topological polar surface area (TPSA) is 42.4 Å². The fourth-order valence-electron chi connectivity index (χ4n) is 2.83. The van der Waals surface area contributed by atoms with Crippen molar-refractivity contribution in [3.63, 3.8) is 0 Å². The molecule has 3 rings (SSSR count). The summed E-state index contributed by atoms with van der Waals surface area (Å²) in [4.78, 5) is 18.9. The van der Waals surface area contributed by atoms with Crippen LogP contribution in [0.15, 0.2) is 24.3 Å². The molecule has 21 heavy (non-hydrogen) atoms. The third-order valence-corrected chi connectivity index (χ3v) is 4.84. The second kappa shape index (κ2) is 6.54. The summed E-state index contributed by atoms with van der Waals surface area (Å²) in [6.45, 7) is 4.97. The van der Waals surface area contributed by atoms with Crippen LogP contribution in [0.2, 0.25) is 0 Å². The zero-order valence-electron chi connectivity index (χ0n) is 12.2. The maximum Gasteiger partial charge on any atom is 0.310 e. The molecular weight excluding hydrogens is 284 g/mol. The summed E-state index contributed by atoms with van der Waals surface area (Å²) >= 11 is 1.74. The highest BCUT2D eigenvalue weighted by Gasteiger charge is 2.27. The van der Waals surface area contributed by atoms with E-state index in [-0.39, 0.29) is 11.9 Å². The van der Waals surface area contributed by atoms with E-state index in [2.05, 4.69) is 16.0 Å². The normalized spacial score (nSPS) is 19.8. The molecule has 0 radical (unpaired) electrons. The maximum absolute atomic E-state index is 11.9. The van der Waals surface area contributed by atoms with Crippen LogP contribution in [0, 0.1) is 5.92 Å². The van der Waals surface area contributed by atoms with Crippen LogP contribution in [0.4, 0.5) is 0 Å². The number of hydrogen-bond acceptors (Lipinski definition) is 5. The van der Waals surface area contributed by atoms with Crippen LogP contribution >= 0.6 is 11.3 Å². The first-order valence-electron chi connectivity index (χ1n) is 7.49. The number of benzene rings is 1. The summed E-state index contributed by atoms with van der Waals surface area (Å²) in [6.07, 6.45) is 1.99. The van der Waals surface area contributed by atoms with Crippen molar-refractivity contribution in [2.45, 2.75) is 26.3 Å². The lowest BCUT2D eigenvalue weighted by Crippen LogP contribution is -2.38. The third-order valence-electron chi connectivity index (χ3n) is 3.82. The van der Waals surface area contributed by atoms with Gasteiger partial charge in [-0.25, -0.2) is 4.98 Å². The Hall–Kier alpha value is -1.46. The molecule has 0 N–H and O–H groups in total. The Bertz CT molecular complexity index is 593. The first-order chi connectivity index (χ1) is 10.3. The Kier molecular flexibility index (Phi) is 4.51. The van der Waals surface area contributed by atoms with E-state index >= 15 is 0 Å². The Morgan fingerprint density at radius 2 is 2.33 bits per heavy atom. The minimum absolute atomic E-state index is 0.0214. The van der Waals surface area contributed by atoms with E-state index in [1.54, 1.807) is 11.3 Å². The standard InChI is InChI=1S/C16H20N2O2S/c1-2-20-16(19)12-6-5-9-18(10-12)11-15-17-13-7-3-4-8-14(13)21-15/h3-4,7-8,12H,2,5-6,9-11H2,1H3. The molecule has 1 unspecified atom stereocenters. The van der Waals surface area contributed by atoms with E-state index in [0.29, 0.717) is 6.61 Å². The third kappa shape index (κ3) is 3.41. The monoisotopic (exact) mass is 304 g/mol. The van der Waals surface area contributed by atoms with Crippen LogP contribution in [0.25, 0.3) is 10.2 Å². The number of rotatable bonds is 4. The summed E-state index contributed by atoms with van der Waals surface area (Å²) in [5.41, 5.74) is 1.07. The summed E-state index contributed by atoms with van der Waals surface area (Å²) in [5.74, 6) is -0.0282. The number of carbonyl (C=O) groups is 1. The average Bonchev–Trinajstić information content (AvgIpc) is 2.90. The van der Waals surface area contributed by atoms with Gasteiger partial charge in [0, 0.05) is 6.54 Å². The zero-order chi connectivity index (χ0) is 14.7. The highest BCUT2D eigenvalue weighted by atomic mass is 32.1. The van der Waals surface area contributed by atoms with E-state index in [1.165, 1.54) is 4.70 Å². The average molecular weight is 304 g/mol. The molecule has 5 heteroatoms. The van der Waals surface area contributed by atoms with Crippen molar-refractivity contribution >= 4 is 27.5 Å². The molecule has 0 spiro atoms. The lowest BCUT2D eigenvalue weighted by molar-refractivity contribution is -0.150.